The zero-order valence-corrected chi connectivity index (χ0v) is 19.0. The molecule has 0 aliphatic heterocycles. The molecule has 0 atom stereocenters. The lowest BCUT2D eigenvalue weighted by Crippen LogP contribution is -2.27. The highest BCUT2D eigenvalue weighted by molar-refractivity contribution is 7.89. The number of hydrogen-bond donors (Lipinski definition) is 2. The van der Waals surface area contributed by atoms with Crippen molar-refractivity contribution in [3.8, 4) is 5.75 Å². The molecule has 0 radical (unpaired) electrons. The van der Waals surface area contributed by atoms with Crippen molar-refractivity contribution in [1.82, 2.24) is 4.83 Å². The minimum Gasteiger partial charge on any atom is -0.493 e. The van der Waals surface area contributed by atoms with E-state index in [4.69, 9.17) is 9.15 Å². The number of para-hydroxylation sites is 1. The molecule has 2 N–H and O–H groups in total. The molecule has 4 aromatic rings. The topological polar surface area (TPSA) is 110 Å². The fourth-order valence-corrected chi connectivity index (χ4v) is 3.94. The normalized spacial score (nSPS) is 11.9. The molecule has 8 nitrogen and oxygen atoms in total. The van der Waals surface area contributed by atoms with Gasteiger partial charge in [-0.1, -0.05) is 29.8 Å². The number of anilines is 1. The van der Waals surface area contributed by atoms with Crippen LogP contribution in [0.25, 0.3) is 11.0 Å². The quantitative estimate of drug-likeness (QED) is 0.406. The first-order valence-corrected chi connectivity index (χ1v) is 11.5. The summed E-state index contributed by atoms with van der Waals surface area (Å²) in [5.41, 5.74) is 1.18. The lowest BCUT2D eigenvalue weighted by molar-refractivity contribution is 0.102. The van der Waals surface area contributed by atoms with Crippen LogP contribution in [-0.2, 0) is 10.0 Å². The average Bonchev–Trinajstić information content (AvgIpc) is 2.83. The van der Waals surface area contributed by atoms with Crippen molar-refractivity contribution in [3.05, 3.63) is 95.3 Å². The maximum atomic E-state index is 13.2. The standard InChI is InChI=1S/C24H20FN3O5S/c1-15-6-12-19(13-7-15)34(30,31)28-27-24-20(23(29)26-18-10-8-17(25)9-11-18)14-16-4-3-5-21(32-2)22(16)33-24/h3-14,28H,1-2H3,(H,26,29)/b27-24+. The van der Waals surface area contributed by atoms with Gasteiger partial charge in [-0.05, 0) is 55.5 Å². The van der Waals surface area contributed by atoms with Crippen molar-refractivity contribution >= 4 is 32.6 Å². The third-order valence-corrected chi connectivity index (χ3v) is 6.13. The van der Waals surface area contributed by atoms with Gasteiger partial charge in [-0.3, -0.25) is 4.79 Å². The molecule has 1 amide bonds. The van der Waals surface area contributed by atoms with Crippen molar-refractivity contribution in [2.45, 2.75) is 11.8 Å². The Labute approximate surface area is 194 Å². The Hall–Kier alpha value is -4.18. The van der Waals surface area contributed by atoms with Gasteiger partial charge in [0.15, 0.2) is 11.3 Å². The summed E-state index contributed by atoms with van der Waals surface area (Å²) >= 11 is 0. The predicted molar refractivity (Wildman–Crippen MR) is 124 cm³/mol. The number of aryl methyl sites for hydroxylation is 1. The third kappa shape index (κ3) is 4.91. The molecule has 1 heterocycles. The van der Waals surface area contributed by atoms with E-state index in [1.54, 1.807) is 30.3 Å². The Morgan fingerprint density at radius 3 is 2.41 bits per heavy atom. The summed E-state index contributed by atoms with van der Waals surface area (Å²) in [6.45, 7) is 1.83. The summed E-state index contributed by atoms with van der Waals surface area (Å²) in [4.78, 5) is 15.1. The lowest BCUT2D eigenvalue weighted by atomic mass is 10.1. The molecule has 0 unspecified atom stereocenters. The molecule has 0 aliphatic carbocycles. The van der Waals surface area contributed by atoms with Crippen LogP contribution in [0.3, 0.4) is 0 Å². The molecule has 0 bridgehead atoms. The van der Waals surface area contributed by atoms with E-state index in [-0.39, 0.29) is 21.6 Å². The smallest absolute Gasteiger partial charge is 0.276 e. The van der Waals surface area contributed by atoms with Crippen LogP contribution in [0.5, 0.6) is 5.75 Å². The van der Waals surface area contributed by atoms with Gasteiger partial charge in [-0.15, -0.1) is 5.10 Å². The number of carbonyl (C=O) groups is 1. The number of methoxy groups -OCH3 is 1. The van der Waals surface area contributed by atoms with E-state index in [0.29, 0.717) is 16.8 Å². The van der Waals surface area contributed by atoms with Gasteiger partial charge < -0.3 is 14.5 Å². The Bertz CT molecular complexity index is 1530. The number of sulfonamides is 1. The van der Waals surface area contributed by atoms with Gasteiger partial charge >= 0.3 is 0 Å². The second-order valence-electron chi connectivity index (χ2n) is 7.32. The van der Waals surface area contributed by atoms with E-state index in [0.717, 1.165) is 5.56 Å². The van der Waals surface area contributed by atoms with Crippen molar-refractivity contribution < 1.29 is 26.8 Å². The lowest BCUT2D eigenvalue weighted by Gasteiger charge is -2.09. The first-order chi connectivity index (χ1) is 16.3. The van der Waals surface area contributed by atoms with E-state index < -0.39 is 21.7 Å². The van der Waals surface area contributed by atoms with Crippen molar-refractivity contribution in [3.63, 3.8) is 0 Å². The Morgan fingerprint density at radius 2 is 1.74 bits per heavy atom. The monoisotopic (exact) mass is 481 g/mol. The number of carbonyl (C=O) groups excluding carboxylic acids is 1. The molecule has 10 heteroatoms. The van der Waals surface area contributed by atoms with E-state index in [9.17, 15) is 17.6 Å². The fraction of sp³-hybridized carbons (Fsp3) is 0.0833. The van der Waals surface area contributed by atoms with Gasteiger partial charge in [-0.25, -0.2) is 4.39 Å². The number of nitrogens with one attached hydrogen (secondary N) is 2. The third-order valence-electron chi connectivity index (χ3n) is 4.90. The number of benzene rings is 3. The molecule has 0 aliphatic rings. The summed E-state index contributed by atoms with van der Waals surface area (Å²) in [7, 11) is -2.58. The second-order valence-corrected chi connectivity index (χ2v) is 8.99. The highest BCUT2D eigenvalue weighted by Crippen LogP contribution is 2.25. The average molecular weight is 482 g/mol. The Balaban J connectivity index is 1.79. The summed E-state index contributed by atoms with van der Waals surface area (Å²) in [5.74, 6) is -0.707. The van der Waals surface area contributed by atoms with Crippen LogP contribution in [0, 0.1) is 12.7 Å². The summed E-state index contributed by atoms with van der Waals surface area (Å²) in [5, 5.41) is 7.05. The highest BCUT2D eigenvalue weighted by atomic mass is 32.2. The Kier molecular flexibility index (Phi) is 6.33. The first-order valence-electron chi connectivity index (χ1n) is 10.1. The van der Waals surface area contributed by atoms with Crippen LogP contribution < -0.4 is 20.4 Å². The van der Waals surface area contributed by atoms with E-state index in [1.807, 2.05) is 6.92 Å². The molecule has 0 spiro atoms. The fourth-order valence-electron chi connectivity index (χ4n) is 3.13. The van der Waals surface area contributed by atoms with Crippen LogP contribution >= 0.6 is 0 Å². The SMILES string of the molecule is COc1cccc2cc(C(=O)Nc3ccc(F)cc3)/c(=N\NS(=O)(=O)c3ccc(C)cc3)oc12. The minimum absolute atomic E-state index is 0.00228. The maximum absolute atomic E-state index is 13.2. The summed E-state index contributed by atoms with van der Waals surface area (Å²) in [6, 6.07) is 18.0. The molecule has 174 valence electrons. The van der Waals surface area contributed by atoms with Gasteiger partial charge in [0.05, 0.1) is 12.0 Å². The van der Waals surface area contributed by atoms with E-state index in [1.165, 1.54) is 49.6 Å². The molecule has 1 aromatic heterocycles. The maximum Gasteiger partial charge on any atom is 0.276 e. The van der Waals surface area contributed by atoms with Gasteiger partial charge in [-0.2, -0.15) is 13.2 Å². The van der Waals surface area contributed by atoms with Gasteiger partial charge in [0, 0.05) is 11.1 Å². The van der Waals surface area contributed by atoms with Gasteiger partial charge in [0.1, 0.15) is 11.4 Å². The summed E-state index contributed by atoms with van der Waals surface area (Å²) < 4.78 is 49.7. The summed E-state index contributed by atoms with van der Waals surface area (Å²) in [6.07, 6.45) is 0. The number of halogens is 1. The molecule has 3 aromatic carbocycles. The number of amides is 1. The first kappa shape index (κ1) is 23.0. The van der Waals surface area contributed by atoms with Crippen molar-refractivity contribution in [2.24, 2.45) is 5.10 Å². The predicted octanol–water partition coefficient (Wildman–Crippen LogP) is 3.94. The molecule has 0 fully saturated rings. The molecular weight excluding hydrogens is 461 g/mol. The minimum atomic E-state index is -4.03. The van der Waals surface area contributed by atoms with Crippen molar-refractivity contribution in [1.29, 1.82) is 0 Å². The van der Waals surface area contributed by atoms with Crippen LogP contribution in [-0.4, -0.2) is 21.4 Å². The zero-order valence-electron chi connectivity index (χ0n) is 18.2. The van der Waals surface area contributed by atoms with Crippen LogP contribution in [0.2, 0.25) is 0 Å². The number of fused-ring (bicyclic) bond motifs is 1. The number of hydrogen-bond acceptors (Lipinski definition) is 6. The molecular formula is C24H20FN3O5S. The molecule has 0 saturated carbocycles. The number of rotatable bonds is 6. The molecule has 4 rings (SSSR count). The number of ether oxygens (including phenoxy) is 1. The van der Waals surface area contributed by atoms with Crippen LogP contribution in [0.1, 0.15) is 15.9 Å². The van der Waals surface area contributed by atoms with Crippen LogP contribution in [0.15, 0.2) is 87.2 Å². The Morgan fingerprint density at radius 1 is 1.03 bits per heavy atom. The highest BCUT2D eigenvalue weighted by Gasteiger charge is 2.17. The van der Waals surface area contributed by atoms with E-state index >= 15 is 0 Å². The van der Waals surface area contributed by atoms with Crippen molar-refractivity contribution in [2.75, 3.05) is 12.4 Å². The van der Waals surface area contributed by atoms with Crippen LogP contribution in [0.4, 0.5) is 10.1 Å². The van der Waals surface area contributed by atoms with Gasteiger partial charge in [0.25, 0.3) is 15.9 Å². The second kappa shape index (κ2) is 9.36. The zero-order chi connectivity index (χ0) is 24.3. The number of nitrogens with zero attached hydrogens (tertiary/aromatic N) is 1. The van der Waals surface area contributed by atoms with E-state index in [2.05, 4.69) is 15.2 Å². The largest absolute Gasteiger partial charge is 0.493 e. The molecule has 34 heavy (non-hydrogen) atoms. The van der Waals surface area contributed by atoms with Gasteiger partial charge in [0.2, 0.25) is 5.55 Å². The molecule has 0 saturated heterocycles.